The van der Waals surface area contributed by atoms with Gasteiger partial charge < -0.3 is 9.88 Å². The lowest BCUT2D eigenvalue weighted by Gasteiger charge is -2.09. The average molecular weight is 350 g/mol. The van der Waals surface area contributed by atoms with Gasteiger partial charge >= 0.3 is 0 Å². The molecule has 1 aromatic heterocycles. The molecule has 5 nitrogen and oxygen atoms in total. The van der Waals surface area contributed by atoms with Crippen molar-refractivity contribution < 1.29 is 9.18 Å². The summed E-state index contributed by atoms with van der Waals surface area (Å²) in [5.41, 5.74) is 2.00. The SMILES string of the molecule is O=C(Nc1cccc(-c2nnc3n2CCCCC3)c1)c1ccc(F)cc1. The number of hydrogen-bond donors (Lipinski definition) is 1. The number of aromatic nitrogens is 3. The van der Waals surface area contributed by atoms with E-state index in [2.05, 4.69) is 20.1 Å². The summed E-state index contributed by atoms with van der Waals surface area (Å²) in [4.78, 5) is 12.3. The van der Waals surface area contributed by atoms with E-state index in [9.17, 15) is 9.18 Å². The lowest BCUT2D eigenvalue weighted by Crippen LogP contribution is -2.12. The summed E-state index contributed by atoms with van der Waals surface area (Å²) in [7, 11) is 0. The van der Waals surface area contributed by atoms with Crippen molar-refractivity contribution >= 4 is 11.6 Å². The number of amides is 1. The first-order valence-corrected chi connectivity index (χ1v) is 8.80. The van der Waals surface area contributed by atoms with E-state index in [0.29, 0.717) is 11.3 Å². The topological polar surface area (TPSA) is 59.8 Å². The van der Waals surface area contributed by atoms with Crippen LogP contribution in [0.4, 0.5) is 10.1 Å². The van der Waals surface area contributed by atoms with E-state index in [1.54, 1.807) is 0 Å². The van der Waals surface area contributed by atoms with Gasteiger partial charge in [-0.25, -0.2) is 4.39 Å². The molecule has 0 saturated carbocycles. The number of nitrogens with one attached hydrogen (secondary N) is 1. The van der Waals surface area contributed by atoms with Gasteiger partial charge in [-0.1, -0.05) is 18.6 Å². The molecular formula is C20H19FN4O. The third-order valence-corrected chi connectivity index (χ3v) is 4.59. The Balaban J connectivity index is 1.58. The molecule has 0 spiro atoms. The fourth-order valence-corrected chi connectivity index (χ4v) is 3.24. The van der Waals surface area contributed by atoms with Crippen LogP contribution in [0.2, 0.25) is 0 Å². The first kappa shape index (κ1) is 16.4. The molecule has 0 fully saturated rings. The van der Waals surface area contributed by atoms with Gasteiger partial charge in [0, 0.05) is 29.8 Å². The molecule has 2 heterocycles. The molecule has 1 aliphatic heterocycles. The van der Waals surface area contributed by atoms with E-state index in [1.807, 2.05) is 24.3 Å². The Kier molecular flexibility index (Phi) is 4.48. The van der Waals surface area contributed by atoms with Crippen molar-refractivity contribution in [3.63, 3.8) is 0 Å². The number of anilines is 1. The van der Waals surface area contributed by atoms with E-state index in [1.165, 1.54) is 30.7 Å². The van der Waals surface area contributed by atoms with Crippen LogP contribution in [0, 0.1) is 5.82 Å². The highest BCUT2D eigenvalue weighted by Crippen LogP contribution is 2.25. The van der Waals surface area contributed by atoms with Crippen molar-refractivity contribution in [2.24, 2.45) is 0 Å². The van der Waals surface area contributed by atoms with Crippen molar-refractivity contribution in [2.75, 3.05) is 5.32 Å². The Hall–Kier alpha value is -3.02. The number of benzene rings is 2. The molecule has 6 heteroatoms. The first-order valence-electron chi connectivity index (χ1n) is 8.80. The van der Waals surface area contributed by atoms with Crippen LogP contribution < -0.4 is 5.32 Å². The second kappa shape index (κ2) is 7.07. The zero-order valence-electron chi connectivity index (χ0n) is 14.3. The molecular weight excluding hydrogens is 331 g/mol. The normalized spacial score (nSPS) is 13.7. The molecule has 4 rings (SSSR count). The molecule has 0 saturated heterocycles. The number of rotatable bonds is 3. The highest BCUT2D eigenvalue weighted by molar-refractivity contribution is 6.04. The maximum atomic E-state index is 13.0. The molecule has 132 valence electrons. The average Bonchev–Trinajstić information content (AvgIpc) is 2.91. The quantitative estimate of drug-likeness (QED) is 0.775. The summed E-state index contributed by atoms with van der Waals surface area (Å²) in [6.45, 7) is 0.920. The Morgan fingerprint density at radius 2 is 1.88 bits per heavy atom. The molecule has 1 aliphatic rings. The maximum Gasteiger partial charge on any atom is 0.255 e. The number of carbonyl (C=O) groups is 1. The summed E-state index contributed by atoms with van der Waals surface area (Å²) >= 11 is 0. The number of nitrogens with zero attached hydrogens (tertiary/aromatic N) is 3. The standard InChI is InChI=1S/C20H19FN4O/c21-16-10-8-14(9-11-16)20(26)22-17-6-4-5-15(13-17)19-24-23-18-7-2-1-3-12-25(18)19/h4-6,8-11,13H,1-3,7,12H2,(H,22,26). The Morgan fingerprint density at radius 1 is 1.04 bits per heavy atom. The predicted octanol–water partition coefficient (Wildman–Crippen LogP) is 4.06. The Labute approximate surface area is 150 Å². The van der Waals surface area contributed by atoms with Crippen LogP contribution in [0.15, 0.2) is 48.5 Å². The van der Waals surface area contributed by atoms with Crippen molar-refractivity contribution in [3.8, 4) is 11.4 Å². The highest BCUT2D eigenvalue weighted by Gasteiger charge is 2.16. The van der Waals surface area contributed by atoms with Crippen LogP contribution in [-0.2, 0) is 13.0 Å². The molecule has 26 heavy (non-hydrogen) atoms. The molecule has 0 bridgehead atoms. The van der Waals surface area contributed by atoms with Crippen LogP contribution in [-0.4, -0.2) is 20.7 Å². The van der Waals surface area contributed by atoms with Gasteiger partial charge in [-0.15, -0.1) is 10.2 Å². The third-order valence-electron chi connectivity index (χ3n) is 4.59. The zero-order chi connectivity index (χ0) is 17.9. The molecule has 0 aliphatic carbocycles. The monoisotopic (exact) mass is 350 g/mol. The van der Waals surface area contributed by atoms with Gasteiger partial charge in [0.05, 0.1) is 0 Å². The predicted molar refractivity (Wildman–Crippen MR) is 97.4 cm³/mol. The summed E-state index contributed by atoms with van der Waals surface area (Å²) in [5, 5.41) is 11.5. The van der Waals surface area contributed by atoms with Gasteiger partial charge in [0.1, 0.15) is 11.6 Å². The molecule has 1 amide bonds. The van der Waals surface area contributed by atoms with E-state index in [-0.39, 0.29) is 11.7 Å². The fraction of sp³-hybridized carbons (Fsp3) is 0.250. The van der Waals surface area contributed by atoms with E-state index in [4.69, 9.17) is 0 Å². The Morgan fingerprint density at radius 3 is 2.73 bits per heavy atom. The van der Waals surface area contributed by atoms with Crippen LogP contribution in [0.3, 0.4) is 0 Å². The van der Waals surface area contributed by atoms with Crippen LogP contribution in [0.5, 0.6) is 0 Å². The van der Waals surface area contributed by atoms with E-state index in [0.717, 1.165) is 43.0 Å². The lowest BCUT2D eigenvalue weighted by atomic mass is 10.1. The maximum absolute atomic E-state index is 13.0. The third kappa shape index (κ3) is 3.35. The molecule has 1 N–H and O–H groups in total. The lowest BCUT2D eigenvalue weighted by molar-refractivity contribution is 0.102. The van der Waals surface area contributed by atoms with Crippen LogP contribution in [0.25, 0.3) is 11.4 Å². The van der Waals surface area contributed by atoms with Gasteiger partial charge in [-0.05, 0) is 49.2 Å². The van der Waals surface area contributed by atoms with Crippen molar-refractivity contribution in [3.05, 3.63) is 65.7 Å². The molecule has 0 radical (unpaired) electrons. The van der Waals surface area contributed by atoms with Crippen LogP contribution >= 0.6 is 0 Å². The van der Waals surface area contributed by atoms with Crippen LogP contribution in [0.1, 0.15) is 35.4 Å². The number of carbonyl (C=O) groups excluding carboxylic acids is 1. The summed E-state index contributed by atoms with van der Waals surface area (Å²) in [5.74, 6) is 1.22. The molecule has 2 aromatic carbocycles. The summed E-state index contributed by atoms with van der Waals surface area (Å²) < 4.78 is 15.2. The molecule has 0 unspecified atom stereocenters. The molecule has 0 atom stereocenters. The molecule has 3 aromatic rings. The fourth-order valence-electron chi connectivity index (χ4n) is 3.24. The smallest absolute Gasteiger partial charge is 0.255 e. The van der Waals surface area contributed by atoms with E-state index < -0.39 is 0 Å². The van der Waals surface area contributed by atoms with Gasteiger partial charge in [0.15, 0.2) is 5.82 Å². The zero-order valence-corrected chi connectivity index (χ0v) is 14.3. The second-order valence-corrected chi connectivity index (χ2v) is 6.44. The van der Waals surface area contributed by atoms with Gasteiger partial charge in [0.25, 0.3) is 5.91 Å². The minimum absolute atomic E-state index is 0.276. The largest absolute Gasteiger partial charge is 0.322 e. The van der Waals surface area contributed by atoms with Gasteiger partial charge in [-0.3, -0.25) is 4.79 Å². The summed E-state index contributed by atoms with van der Waals surface area (Å²) in [6.07, 6.45) is 4.43. The first-order chi connectivity index (χ1) is 12.7. The van der Waals surface area contributed by atoms with Crippen molar-refractivity contribution in [1.29, 1.82) is 0 Å². The minimum Gasteiger partial charge on any atom is -0.322 e. The number of hydrogen-bond acceptors (Lipinski definition) is 3. The highest BCUT2D eigenvalue weighted by atomic mass is 19.1. The number of halogens is 1. The van der Waals surface area contributed by atoms with Crippen molar-refractivity contribution in [2.45, 2.75) is 32.2 Å². The number of fused-ring (bicyclic) bond motifs is 1. The van der Waals surface area contributed by atoms with Gasteiger partial charge in [-0.2, -0.15) is 0 Å². The van der Waals surface area contributed by atoms with Crippen molar-refractivity contribution in [1.82, 2.24) is 14.8 Å². The summed E-state index contributed by atoms with van der Waals surface area (Å²) in [6, 6.07) is 13.0. The Bertz CT molecular complexity index is 933. The number of aryl methyl sites for hydroxylation is 1. The minimum atomic E-state index is -0.365. The van der Waals surface area contributed by atoms with Gasteiger partial charge in [0.2, 0.25) is 0 Å². The van der Waals surface area contributed by atoms with E-state index >= 15 is 0 Å². The second-order valence-electron chi connectivity index (χ2n) is 6.44.